The van der Waals surface area contributed by atoms with Gasteiger partial charge in [0.05, 0.1) is 27.2 Å². The predicted molar refractivity (Wildman–Crippen MR) is 87.2 cm³/mol. The van der Waals surface area contributed by atoms with E-state index in [9.17, 15) is 19.7 Å². The summed E-state index contributed by atoms with van der Waals surface area (Å²) < 4.78 is 6.05. The highest BCUT2D eigenvalue weighted by Crippen LogP contribution is 2.22. The monoisotopic (exact) mass is 347 g/mol. The Morgan fingerprint density at radius 1 is 1.29 bits per heavy atom. The smallest absolute Gasteiger partial charge is 0.407 e. The number of nitrogens with one attached hydrogen (secondary N) is 1. The zero-order valence-corrected chi connectivity index (χ0v) is 12.8. The van der Waals surface area contributed by atoms with Crippen molar-refractivity contribution in [1.29, 1.82) is 0 Å². The number of carbonyl (C=O) groups excluding carboxylic acids is 1. The Bertz CT molecular complexity index is 1010. The number of fused-ring (bicyclic) bond motifs is 1. The van der Waals surface area contributed by atoms with Gasteiger partial charge in [0.2, 0.25) is 5.91 Å². The van der Waals surface area contributed by atoms with Crippen LogP contribution in [0, 0.1) is 10.1 Å². The fraction of sp³-hybridized carbons (Fsp3) is 0.0667. The zero-order valence-electron chi connectivity index (χ0n) is 12.1. The maximum Gasteiger partial charge on any atom is 0.420 e. The second-order valence-electron chi connectivity index (χ2n) is 4.89. The van der Waals surface area contributed by atoms with Crippen molar-refractivity contribution in [2.75, 3.05) is 5.32 Å². The van der Waals surface area contributed by atoms with Gasteiger partial charge in [-0.05, 0) is 18.2 Å². The van der Waals surface area contributed by atoms with E-state index in [-0.39, 0.29) is 17.8 Å². The largest absolute Gasteiger partial charge is 0.420 e. The number of halogens is 1. The van der Waals surface area contributed by atoms with E-state index in [4.69, 9.17) is 16.0 Å². The quantitative estimate of drug-likeness (QED) is 0.576. The van der Waals surface area contributed by atoms with Gasteiger partial charge in [-0.3, -0.25) is 19.5 Å². The lowest BCUT2D eigenvalue weighted by Gasteiger charge is -2.07. The summed E-state index contributed by atoms with van der Waals surface area (Å²) in [6.07, 6.45) is 0. The minimum Gasteiger partial charge on any atom is -0.407 e. The molecule has 0 spiro atoms. The van der Waals surface area contributed by atoms with Crippen molar-refractivity contribution in [3.8, 4) is 0 Å². The first-order chi connectivity index (χ1) is 11.5. The van der Waals surface area contributed by atoms with Crippen molar-refractivity contribution < 1.29 is 14.1 Å². The van der Waals surface area contributed by atoms with Crippen LogP contribution in [0.15, 0.2) is 51.7 Å². The molecule has 1 amide bonds. The van der Waals surface area contributed by atoms with Gasteiger partial charge in [-0.1, -0.05) is 23.7 Å². The Labute approximate surface area is 139 Å². The molecule has 122 valence electrons. The molecular weight excluding hydrogens is 338 g/mol. The molecule has 0 fully saturated rings. The second kappa shape index (κ2) is 6.17. The van der Waals surface area contributed by atoms with Crippen molar-refractivity contribution in [2.45, 2.75) is 6.54 Å². The molecule has 1 aromatic heterocycles. The normalized spacial score (nSPS) is 10.7. The number of nitro benzene ring substituents is 1. The van der Waals surface area contributed by atoms with Gasteiger partial charge in [0.1, 0.15) is 6.54 Å². The van der Waals surface area contributed by atoms with E-state index in [0.717, 1.165) is 10.6 Å². The van der Waals surface area contributed by atoms with Crippen molar-refractivity contribution in [2.24, 2.45) is 0 Å². The standard InChI is InChI=1S/C15H10ClN3O5/c16-10-3-1-2-4-11(10)17-14(20)8-18-12-6-5-9(19(22)23)7-13(12)24-15(18)21/h1-7H,8H2,(H,17,20). The lowest BCUT2D eigenvalue weighted by molar-refractivity contribution is -0.384. The van der Waals surface area contributed by atoms with Crippen LogP contribution in [0.25, 0.3) is 11.1 Å². The predicted octanol–water partition coefficient (Wildman–Crippen LogP) is 2.79. The molecule has 0 unspecified atom stereocenters. The molecule has 0 radical (unpaired) electrons. The Morgan fingerprint density at radius 3 is 2.75 bits per heavy atom. The first kappa shape index (κ1) is 15.8. The van der Waals surface area contributed by atoms with Gasteiger partial charge in [0.25, 0.3) is 5.69 Å². The van der Waals surface area contributed by atoms with Gasteiger partial charge in [-0.25, -0.2) is 4.79 Å². The average molecular weight is 348 g/mol. The lowest BCUT2D eigenvalue weighted by Crippen LogP contribution is -2.24. The number of aromatic nitrogens is 1. The van der Waals surface area contributed by atoms with E-state index in [2.05, 4.69) is 5.32 Å². The van der Waals surface area contributed by atoms with E-state index in [0.29, 0.717) is 16.2 Å². The van der Waals surface area contributed by atoms with Crippen LogP contribution in [0.5, 0.6) is 0 Å². The van der Waals surface area contributed by atoms with Crippen molar-refractivity contribution in [3.05, 3.63) is 68.2 Å². The highest BCUT2D eigenvalue weighted by Gasteiger charge is 2.16. The van der Waals surface area contributed by atoms with Gasteiger partial charge < -0.3 is 9.73 Å². The number of benzene rings is 2. The minimum absolute atomic E-state index is 0.0414. The summed E-state index contributed by atoms with van der Waals surface area (Å²) in [5.41, 5.74) is 0.546. The van der Waals surface area contributed by atoms with Gasteiger partial charge in [0.15, 0.2) is 5.58 Å². The molecule has 8 nitrogen and oxygen atoms in total. The summed E-state index contributed by atoms with van der Waals surface area (Å²) >= 11 is 5.96. The fourth-order valence-electron chi connectivity index (χ4n) is 2.21. The summed E-state index contributed by atoms with van der Waals surface area (Å²) in [5.74, 6) is -1.26. The molecule has 0 saturated carbocycles. The molecule has 1 heterocycles. The van der Waals surface area contributed by atoms with Crippen LogP contribution in [-0.2, 0) is 11.3 Å². The highest BCUT2D eigenvalue weighted by molar-refractivity contribution is 6.33. The van der Waals surface area contributed by atoms with Gasteiger partial charge in [-0.15, -0.1) is 0 Å². The topological polar surface area (TPSA) is 107 Å². The van der Waals surface area contributed by atoms with Crippen LogP contribution >= 0.6 is 11.6 Å². The highest BCUT2D eigenvalue weighted by atomic mass is 35.5. The van der Waals surface area contributed by atoms with Crippen LogP contribution in [0.2, 0.25) is 5.02 Å². The van der Waals surface area contributed by atoms with Gasteiger partial charge in [0, 0.05) is 6.07 Å². The van der Waals surface area contributed by atoms with Crippen LogP contribution in [0.3, 0.4) is 0 Å². The number of hydrogen-bond acceptors (Lipinski definition) is 5. The first-order valence-corrected chi connectivity index (χ1v) is 7.15. The molecule has 0 aliphatic heterocycles. The summed E-state index contributed by atoms with van der Waals surface area (Å²) in [5, 5.41) is 13.7. The Hall–Kier alpha value is -3.13. The molecule has 0 saturated heterocycles. The molecule has 3 aromatic rings. The number of amides is 1. The molecule has 3 rings (SSSR count). The average Bonchev–Trinajstić information content (AvgIpc) is 2.84. The Balaban J connectivity index is 1.88. The van der Waals surface area contributed by atoms with E-state index in [1.807, 2.05) is 0 Å². The van der Waals surface area contributed by atoms with E-state index < -0.39 is 16.6 Å². The number of rotatable bonds is 4. The summed E-state index contributed by atoms with van der Waals surface area (Å²) in [4.78, 5) is 34.2. The number of hydrogen-bond donors (Lipinski definition) is 1. The fourth-order valence-corrected chi connectivity index (χ4v) is 2.40. The first-order valence-electron chi connectivity index (χ1n) is 6.78. The third-order valence-corrected chi connectivity index (χ3v) is 3.64. The molecule has 0 aliphatic rings. The van der Waals surface area contributed by atoms with E-state index in [1.54, 1.807) is 24.3 Å². The second-order valence-corrected chi connectivity index (χ2v) is 5.30. The van der Waals surface area contributed by atoms with Crippen molar-refractivity contribution >= 4 is 40.0 Å². The molecular formula is C15H10ClN3O5. The van der Waals surface area contributed by atoms with Crippen LogP contribution in [0.1, 0.15) is 0 Å². The number of para-hydroxylation sites is 1. The molecule has 0 aliphatic carbocycles. The molecule has 9 heteroatoms. The number of nitrogens with zero attached hydrogens (tertiary/aromatic N) is 2. The number of carbonyl (C=O) groups is 1. The SMILES string of the molecule is O=C(Cn1c(=O)oc2cc([N+](=O)[O-])ccc21)Nc1ccccc1Cl. The molecule has 24 heavy (non-hydrogen) atoms. The third-order valence-electron chi connectivity index (χ3n) is 3.31. The molecule has 0 bridgehead atoms. The molecule has 2 aromatic carbocycles. The lowest BCUT2D eigenvalue weighted by atomic mass is 10.3. The maximum absolute atomic E-state index is 12.1. The van der Waals surface area contributed by atoms with Crippen molar-refractivity contribution in [1.82, 2.24) is 4.57 Å². The minimum atomic E-state index is -0.778. The number of anilines is 1. The molecule has 1 N–H and O–H groups in total. The summed E-state index contributed by atoms with van der Waals surface area (Å²) in [6, 6.07) is 10.4. The van der Waals surface area contributed by atoms with E-state index in [1.165, 1.54) is 12.1 Å². The van der Waals surface area contributed by atoms with E-state index >= 15 is 0 Å². The maximum atomic E-state index is 12.1. The Kier molecular flexibility index (Phi) is 4.05. The zero-order chi connectivity index (χ0) is 17.3. The number of oxazole rings is 1. The molecule has 0 atom stereocenters. The van der Waals surface area contributed by atoms with Crippen LogP contribution < -0.4 is 11.1 Å². The Morgan fingerprint density at radius 2 is 2.04 bits per heavy atom. The van der Waals surface area contributed by atoms with Gasteiger partial charge >= 0.3 is 5.76 Å². The summed E-state index contributed by atoms with van der Waals surface area (Å²) in [7, 11) is 0. The van der Waals surface area contributed by atoms with Crippen LogP contribution in [-0.4, -0.2) is 15.4 Å². The third kappa shape index (κ3) is 2.99. The van der Waals surface area contributed by atoms with Gasteiger partial charge in [-0.2, -0.15) is 0 Å². The number of nitro groups is 1. The number of non-ortho nitro benzene ring substituents is 1. The summed E-state index contributed by atoms with van der Waals surface area (Å²) in [6.45, 7) is -0.311. The van der Waals surface area contributed by atoms with Crippen LogP contribution in [0.4, 0.5) is 11.4 Å². The van der Waals surface area contributed by atoms with Crippen molar-refractivity contribution in [3.63, 3.8) is 0 Å².